The van der Waals surface area contributed by atoms with Crippen LogP contribution in [0.5, 0.6) is 17.2 Å². The van der Waals surface area contributed by atoms with Gasteiger partial charge in [0.1, 0.15) is 24.8 Å². The lowest BCUT2D eigenvalue weighted by molar-refractivity contribution is 0.169. The van der Waals surface area contributed by atoms with Crippen LogP contribution in [-0.2, 0) is 13.1 Å². The summed E-state index contributed by atoms with van der Waals surface area (Å²) in [4.78, 5) is 12.0. The molecule has 1 aliphatic rings. The Morgan fingerprint density at radius 2 is 1.88 bits per heavy atom. The Hall–Kier alpha value is -2.96. The molecular formula is C18H19FN2O4. The van der Waals surface area contributed by atoms with Crippen molar-refractivity contribution in [3.63, 3.8) is 0 Å². The average Bonchev–Trinajstić information content (AvgIpc) is 2.64. The molecule has 2 aromatic rings. The van der Waals surface area contributed by atoms with E-state index in [1.807, 2.05) is 18.2 Å². The Morgan fingerprint density at radius 3 is 2.68 bits per heavy atom. The summed E-state index contributed by atoms with van der Waals surface area (Å²) < 4.78 is 29.6. The number of halogens is 1. The highest BCUT2D eigenvalue weighted by molar-refractivity contribution is 5.74. The van der Waals surface area contributed by atoms with E-state index in [2.05, 4.69) is 10.6 Å². The number of benzene rings is 2. The molecule has 1 heterocycles. The number of carbonyl (C=O) groups is 1. The van der Waals surface area contributed by atoms with Crippen LogP contribution in [0, 0.1) is 5.82 Å². The minimum absolute atomic E-state index is 0.152. The lowest BCUT2D eigenvalue weighted by Gasteiger charge is -2.21. The first-order chi connectivity index (χ1) is 12.2. The zero-order valence-corrected chi connectivity index (χ0v) is 13.8. The lowest BCUT2D eigenvalue weighted by Crippen LogP contribution is -2.34. The van der Waals surface area contributed by atoms with Gasteiger partial charge in [0.25, 0.3) is 0 Å². The molecule has 0 aliphatic carbocycles. The summed E-state index contributed by atoms with van der Waals surface area (Å²) in [5, 5.41) is 5.43. The van der Waals surface area contributed by atoms with Crippen molar-refractivity contribution in [2.24, 2.45) is 0 Å². The van der Waals surface area contributed by atoms with Crippen LogP contribution in [0.2, 0.25) is 0 Å². The molecule has 0 spiro atoms. The Bertz CT molecular complexity index is 767. The van der Waals surface area contributed by atoms with E-state index in [-0.39, 0.29) is 18.4 Å². The highest BCUT2D eigenvalue weighted by Gasteiger charge is 2.16. The van der Waals surface area contributed by atoms with Crippen molar-refractivity contribution >= 4 is 6.03 Å². The Morgan fingerprint density at radius 1 is 1.12 bits per heavy atom. The van der Waals surface area contributed by atoms with Crippen molar-refractivity contribution in [3.8, 4) is 17.2 Å². The molecule has 0 saturated heterocycles. The first kappa shape index (κ1) is 16.9. The molecule has 2 N–H and O–H groups in total. The molecule has 25 heavy (non-hydrogen) atoms. The van der Waals surface area contributed by atoms with Crippen molar-refractivity contribution in [1.82, 2.24) is 10.6 Å². The quantitative estimate of drug-likeness (QED) is 0.873. The highest BCUT2D eigenvalue weighted by atomic mass is 19.1. The first-order valence-corrected chi connectivity index (χ1v) is 7.89. The third-order valence-electron chi connectivity index (χ3n) is 3.77. The number of amides is 2. The van der Waals surface area contributed by atoms with Crippen molar-refractivity contribution in [1.29, 1.82) is 0 Å². The number of ether oxygens (including phenoxy) is 3. The third-order valence-corrected chi connectivity index (χ3v) is 3.77. The van der Waals surface area contributed by atoms with Crippen LogP contribution in [0.1, 0.15) is 11.1 Å². The molecular weight excluding hydrogens is 327 g/mol. The van der Waals surface area contributed by atoms with Gasteiger partial charge in [-0.25, -0.2) is 9.18 Å². The third kappa shape index (κ3) is 4.12. The second kappa shape index (κ2) is 7.74. The van der Waals surface area contributed by atoms with Gasteiger partial charge in [0.05, 0.1) is 7.11 Å². The summed E-state index contributed by atoms with van der Waals surface area (Å²) in [7, 11) is 1.50. The van der Waals surface area contributed by atoms with Gasteiger partial charge < -0.3 is 24.8 Å². The van der Waals surface area contributed by atoms with E-state index >= 15 is 0 Å². The van der Waals surface area contributed by atoms with Crippen molar-refractivity contribution < 1.29 is 23.4 Å². The van der Waals surface area contributed by atoms with Gasteiger partial charge in [0, 0.05) is 24.2 Å². The second-order valence-corrected chi connectivity index (χ2v) is 5.43. The molecule has 0 saturated carbocycles. The molecule has 0 atom stereocenters. The van der Waals surface area contributed by atoms with Gasteiger partial charge >= 0.3 is 6.03 Å². The van der Waals surface area contributed by atoms with Crippen LogP contribution in [0.4, 0.5) is 9.18 Å². The summed E-state index contributed by atoms with van der Waals surface area (Å²) >= 11 is 0. The molecule has 1 aliphatic heterocycles. The maximum atomic E-state index is 13.3. The number of para-hydroxylation sites is 1. The smallest absolute Gasteiger partial charge is 0.315 e. The fourth-order valence-electron chi connectivity index (χ4n) is 2.57. The molecule has 0 bridgehead atoms. The molecule has 0 fully saturated rings. The topological polar surface area (TPSA) is 68.8 Å². The summed E-state index contributed by atoms with van der Waals surface area (Å²) in [6.45, 7) is 1.44. The number of carbonyl (C=O) groups excluding carboxylic acids is 1. The lowest BCUT2D eigenvalue weighted by atomic mass is 10.1. The minimum atomic E-state index is -0.383. The van der Waals surface area contributed by atoms with Crippen molar-refractivity contribution in [3.05, 3.63) is 53.3 Å². The van der Waals surface area contributed by atoms with E-state index < -0.39 is 0 Å². The predicted molar refractivity (Wildman–Crippen MR) is 89.5 cm³/mol. The molecule has 3 rings (SSSR count). The maximum Gasteiger partial charge on any atom is 0.315 e. The zero-order valence-electron chi connectivity index (χ0n) is 13.8. The minimum Gasteiger partial charge on any atom is -0.496 e. The predicted octanol–water partition coefficient (Wildman–Crippen LogP) is 2.60. The Kier molecular flexibility index (Phi) is 5.23. The molecule has 132 valence electrons. The average molecular weight is 346 g/mol. The Balaban J connectivity index is 1.56. The Labute approximate surface area is 144 Å². The number of rotatable bonds is 5. The summed E-state index contributed by atoms with van der Waals surface area (Å²) in [6.07, 6.45) is 0. The van der Waals surface area contributed by atoms with E-state index in [1.54, 1.807) is 0 Å². The molecule has 6 nitrogen and oxygen atoms in total. The van der Waals surface area contributed by atoms with Gasteiger partial charge in [0.15, 0.2) is 11.5 Å². The van der Waals surface area contributed by atoms with Crippen LogP contribution in [0.15, 0.2) is 36.4 Å². The normalized spacial score (nSPS) is 12.4. The molecule has 2 amide bonds. The van der Waals surface area contributed by atoms with E-state index in [0.29, 0.717) is 42.6 Å². The highest BCUT2D eigenvalue weighted by Crippen LogP contribution is 2.33. The number of fused-ring (bicyclic) bond motifs is 1. The van der Waals surface area contributed by atoms with Crippen molar-refractivity contribution in [2.45, 2.75) is 13.1 Å². The van der Waals surface area contributed by atoms with Crippen LogP contribution >= 0.6 is 0 Å². The number of hydrogen-bond donors (Lipinski definition) is 2. The molecule has 2 aromatic carbocycles. The number of methoxy groups -OCH3 is 1. The maximum absolute atomic E-state index is 13.3. The molecule has 0 aromatic heterocycles. The van der Waals surface area contributed by atoms with Gasteiger partial charge in [0.2, 0.25) is 0 Å². The van der Waals surface area contributed by atoms with Gasteiger partial charge in [-0.2, -0.15) is 0 Å². The van der Waals surface area contributed by atoms with E-state index in [9.17, 15) is 9.18 Å². The summed E-state index contributed by atoms with van der Waals surface area (Å²) in [5.74, 6) is 1.46. The van der Waals surface area contributed by atoms with Crippen LogP contribution in [0.25, 0.3) is 0 Å². The SMILES string of the molecule is COc1ccc(F)cc1CNC(=O)NCc1cccc2c1OCCO2. The summed E-state index contributed by atoms with van der Waals surface area (Å²) in [5.41, 5.74) is 1.39. The van der Waals surface area contributed by atoms with Gasteiger partial charge in [-0.15, -0.1) is 0 Å². The molecule has 7 heteroatoms. The number of urea groups is 1. The van der Waals surface area contributed by atoms with Gasteiger partial charge in [-0.3, -0.25) is 0 Å². The second-order valence-electron chi connectivity index (χ2n) is 5.43. The van der Waals surface area contributed by atoms with Gasteiger partial charge in [-0.1, -0.05) is 12.1 Å². The van der Waals surface area contributed by atoms with E-state index in [4.69, 9.17) is 14.2 Å². The summed E-state index contributed by atoms with van der Waals surface area (Å²) in [6, 6.07) is 9.33. The van der Waals surface area contributed by atoms with Crippen LogP contribution in [-0.4, -0.2) is 26.4 Å². The largest absolute Gasteiger partial charge is 0.496 e. The van der Waals surface area contributed by atoms with E-state index in [1.165, 1.54) is 25.3 Å². The van der Waals surface area contributed by atoms with Gasteiger partial charge in [-0.05, 0) is 24.3 Å². The van der Waals surface area contributed by atoms with E-state index in [0.717, 1.165) is 5.56 Å². The molecule has 0 radical (unpaired) electrons. The first-order valence-electron chi connectivity index (χ1n) is 7.89. The fourth-order valence-corrected chi connectivity index (χ4v) is 2.57. The zero-order chi connectivity index (χ0) is 17.6. The monoisotopic (exact) mass is 346 g/mol. The van der Waals surface area contributed by atoms with Crippen molar-refractivity contribution in [2.75, 3.05) is 20.3 Å². The standard InChI is InChI=1S/C18H19FN2O4/c1-23-15-6-5-14(19)9-13(15)11-21-18(22)20-10-12-3-2-4-16-17(12)25-8-7-24-16/h2-6,9H,7-8,10-11H2,1H3,(H2,20,21,22). The number of nitrogens with one attached hydrogen (secondary N) is 2. The fraction of sp³-hybridized carbons (Fsp3) is 0.278. The van der Waals surface area contributed by atoms with Crippen LogP contribution in [0.3, 0.4) is 0 Å². The molecule has 0 unspecified atom stereocenters. The number of hydrogen-bond acceptors (Lipinski definition) is 4. The van der Waals surface area contributed by atoms with Crippen LogP contribution < -0.4 is 24.8 Å².